The van der Waals surface area contributed by atoms with Crippen LogP contribution in [0.25, 0.3) is 0 Å². The van der Waals surface area contributed by atoms with Gasteiger partial charge in [0.2, 0.25) is 0 Å². The molecule has 0 heterocycles. The minimum absolute atomic E-state index is 0.0998. The van der Waals surface area contributed by atoms with Crippen molar-refractivity contribution in [2.24, 2.45) is 0 Å². The molecule has 1 aliphatic rings. The number of benzene rings is 1. The van der Waals surface area contributed by atoms with Crippen molar-refractivity contribution in [3.63, 3.8) is 0 Å². The SMILES string of the molecule is COc1ccc(C(CC(=O)C=C2CCCCC2)O[Si](C)(C)C(C)(C)C)cc1. The lowest BCUT2D eigenvalue weighted by atomic mass is 9.93. The number of hydrogen-bond donors (Lipinski definition) is 0. The number of hydrogen-bond acceptors (Lipinski definition) is 3. The molecule has 4 heteroatoms. The van der Waals surface area contributed by atoms with Crippen LogP contribution in [-0.4, -0.2) is 21.2 Å². The first kappa shape index (κ1) is 21.9. The number of ether oxygens (including phenoxy) is 1. The Kier molecular flexibility index (Phi) is 7.46. The number of carbonyl (C=O) groups excluding carboxylic acids is 1. The van der Waals surface area contributed by atoms with Crippen molar-refractivity contribution in [1.29, 1.82) is 0 Å². The third-order valence-electron chi connectivity index (χ3n) is 5.98. The Balaban J connectivity index is 2.21. The third kappa shape index (κ3) is 6.32. The van der Waals surface area contributed by atoms with E-state index < -0.39 is 8.32 Å². The predicted molar refractivity (Wildman–Crippen MR) is 115 cm³/mol. The zero-order chi connectivity index (χ0) is 20.1. The van der Waals surface area contributed by atoms with E-state index in [1.165, 1.54) is 24.8 Å². The van der Waals surface area contributed by atoms with Gasteiger partial charge in [-0.15, -0.1) is 0 Å². The van der Waals surface area contributed by atoms with Gasteiger partial charge >= 0.3 is 0 Å². The van der Waals surface area contributed by atoms with E-state index in [2.05, 4.69) is 33.9 Å². The lowest BCUT2D eigenvalue weighted by Crippen LogP contribution is -2.42. The van der Waals surface area contributed by atoms with Crippen LogP contribution in [0.5, 0.6) is 5.75 Å². The fourth-order valence-electron chi connectivity index (χ4n) is 3.20. The van der Waals surface area contributed by atoms with E-state index in [0.29, 0.717) is 6.42 Å². The van der Waals surface area contributed by atoms with Crippen LogP contribution in [0.3, 0.4) is 0 Å². The quantitative estimate of drug-likeness (QED) is 0.389. The molecular weight excluding hydrogens is 352 g/mol. The molecule has 1 unspecified atom stereocenters. The van der Waals surface area contributed by atoms with Gasteiger partial charge in [-0.05, 0) is 67.6 Å². The first-order valence-electron chi connectivity index (χ1n) is 10.2. The molecule has 1 aromatic rings. The van der Waals surface area contributed by atoms with Gasteiger partial charge in [0, 0.05) is 6.42 Å². The standard InChI is InChI=1S/C23H36O3Si/c1-23(2,3)27(5,6)26-22(19-12-14-21(25-4)15-13-19)17-20(24)16-18-10-8-7-9-11-18/h12-16,22H,7-11,17H2,1-6H3. The molecule has 2 rings (SSSR count). The van der Waals surface area contributed by atoms with E-state index in [1.54, 1.807) is 7.11 Å². The van der Waals surface area contributed by atoms with E-state index in [9.17, 15) is 4.79 Å². The Bertz CT molecular complexity index is 645. The molecule has 0 N–H and O–H groups in total. The summed E-state index contributed by atoms with van der Waals surface area (Å²) in [5, 5.41) is 0.0998. The molecule has 1 aromatic carbocycles. The summed E-state index contributed by atoms with van der Waals surface area (Å²) in [6.45, 7) is 11.2. The first-order valence-corrected chi connectivity index (χ1v) is 13.1. The highest BCUT2D eigenvalue weighted by molar-refractivity contribution is 6.74. The second-order valence-electron chi connectivity index (χ2n) is 9.17. The Labute approximate surface area is 166 Å². The lowest BCUT2D eigenvalue weighted by molar-refractivity contribution is -0.116. The molecule has 1 saturated carbocycles. The molecule has 0 bridgehead atoms. The van der Waals surface area contributed by atoms with Crippen molar-refractivity contribution in [3.8, 4) is 5.75 Å². The molecule has 0 amide bonds. The highest BCUT2D eigenvalue weighted by atomic mass is 28.4. The van der Waals surface area contributed by atoms with Crippen LogP contribution < -0.4 is 4.74 Å². The van der Waals surface area contributed by atoms with E-state index in [1.807, 2.05) is 30.3 Å². The van der Waals surface area contributed by atoms with Crippen LogP contribution >= 0.6 is 0 Å². The fourth-order valence-corrected chi connectivity index (χ4v) is 4.48. The molecule has 0 aliphatic heterocycles. The first-order chi connectivity index (χ1) is 12.6. The fraction of sp³-hybridized carbons (Fsp3) is 0.609. The van der Waals surface area contributed by atoms with Crippen molar-refractivity contribution in [1.82, 2.24) is 0 Å². The molecule has 27 heavy (non-hydrogen) atoms. The van der Waals surface area contributed by atoms with Gasteiger partial charge in [0.1, 0.15) is 5.75 Å². The van der Waals surface area contributed by atoms with Crippen LogP contribution in [0.1, 0.15) is 71.0 Å². The lowest BCUT2D eigenvalue weighted by Gasteiger charge is -2.39. The van der Waals surface area contributed by atoms with Crippen molar-refractivity contribution < 1.29 is 14.0 Å². The second-order valence-corrected chi connectivity index (χ2v) is 13.9. The summed E-state index contributed by atoms with van der Waals surface area (Å²) in [4.78, 5) is 12.8. The number of ketones is 1. The van der Waals surface area contributed by atoms with Crippen LogP contribution in [0.4, 0.5) is 0 Å². The van der Waals surface area contributed by atoms with Crippen LogP contribution in [0, 0.1) is 0 Å². The molecule has 0 spiro atoms. The highest BCUT2D eigenvalue weighted by Gasteiger charge is 2.39. The summed E-state index contributed by atoms with van der Waals surface area (Å²) in [6, 6.07) is 7.94. The maximum Gasteiger partial charge on any atom is 0.192 e. The number of rotatable bonds is 7. The second kappa shape index (κ2) is 9.20. The molecule has 1 aliphatic carbocycles. The normalized spacial score (nSPS) is 16.7. The maximum atomic E-state index is 12.8. The molecule has 0 aromatic heterocycles. The number of methoxy groups -OCH3 is 1. The third-order valence-corrected chi connectivity index (χ3v) is 10.5. The van der Waals surface area contributed by atoms with Crippen LogP contribution in [0.2, 0.25) is 18.1 Å². The Morgan fingerprint density at radius 2 is 1.70 bits per heavy atom. The zero-order valence-corrected chi connectivity index (χ0v) is 18.9. The van der Waals surface area contributed by atoms with Crippen molar-refractivity contribution >= 4 is 14.1 Å². The van der Waals surface area contributed by atoms with Crippen molar-refractivity contribution in [3.05, 3.63) is 41.5 Å². The van der Waals surface area contributed by atoms with E-state index in [0.717, 1.165) is 24.2 Å². The molecule has 3 nitrogen and oxygen atoms in total. The minimum Gasteiger partial charge on any atom is -0.497 e. The van der Waals surface area contributed by atoms with Crippen molar-refractivity contribution in [2.45, 2.75) is 83.5 Å². The minimum atomic E-state index is -2.00. The van der Waals surface area contributed by atoms with E-state index >= 15 is 0 Å². The topological polar surface area (TPSA) is 35.5 Å². The summed E-state index contributed by atoms with van der Waals surface area (Å²) in [5.41, 5.74) is 2.36. The van der Waals surface area contributed by atoms with Gasteiger partial charge in [-0.25, -0.2) is 0 Å². The molecular formula is C23H36O3Si. The largest absolute Gasteiger partial charge is 0.497 e. The summed E-state index contributed by atoms with van der Waals surface area (Å²) in [6.07, 6.45) is 7.94. The van der Waals surface area contributed by atoms with Gasteiger partial charge in [0.15, 0.2) is 14.1 Å². The predicted octanol–water partition coefficient (Wildman–Crippen LogP) is 6.61. The van der Waals surface area contributed by atoms with E-state index in [4.69, 9.17) is 9.16 Å². The van der Waals surface area contributed by atoms with Crippen LogP contribution in [0.15, 0.2) is 35.9 Å². The molecule has 0 saturated heterocycles. The van der Waals surface area contributed by atoms with Gasteiger partial charge < -0.3 is 9.16 Å². The molecule has 1 fully saturated rings. The smallest absolute Gasteiger partial charge is 0.192 e. The summed E-state index contributed by atoms with van der Waals surface area (Å²) in [5.74, 6) is 1.01. The number of allylic oxidation sites excluding steroid dienone is 2. The van der Waals surface area contributed by atoms with Gasteiger partial charge in [0.25, 0.3) is 0 Å². The van der Waals surface area contributed by atoms with Crippen LogP contribution in [-0.2, 0) is 9.22 Å². The van der Waals surface area contributed by atoms with Gasteiger partial charge in [-0.1, -0.05) is 44.9 Å². The molecule has 150 valence electrons. The van der Waals surface area contributed by atoms with Gasteiger partial charge in [0.05, 0.1) is 13.2 Å². The Morgan fingerprint density at radius 1 is 1.11 bits per heavy atom. The Morgan fingerprint density at radius 3 is 2.22 bits per heavy atom. The maximum absolute atomic E-state index is 12.8. The highest BCUT2D eigenvalue weighted by Crippen LogP contribution is 2.41. The average molecular weight is 389 g/mol. The summed E-state index contributed by atoms with van der Waals surface area (Å²) in [7, 11) is -0.331. The summed E-state index contributed by atoms with van der Waals surface area (Å²) >= 11 is 0. The summed E-state index contributed by atoms with van der Waals surface area (Å²) < 4.78 is 11.9. The van der Waals surface area contributed by atoms with Crippen molar-refractivity contribution in [2.75, 3.05) is 7.11 Å². The van der Waals surface area contributed by atoms with E-state index in [-0.39, 0.29) is 16.9 Å². The number of carbonyl (C=O) groups is 1. The molecule has 0 radical (unpaired) electrons. The average Bonchev–Trinajstić information content (AvgIpc) is 2.61. The van der Waals surface area contributed by atoms with Gasteiger partial charge in [-0.3, -0.25) is 4.79 Å². The Hall–Kier alpha value is -1.39. The molecule has 1 atom stereocenters. The monoisotopic (exact) mass is 388 g/mol. The zero-order valence-electron chi connectivity index (χ0n) is 17.9. The van der Waals surface area contributed by atoms with Gasteiger partial charge in [-0.2, -0.15) is 0 Å².